The van der Waals surface area contributed by atoms with Gasteiger partial charge in [0.15, 0.2) is 0 Å². The molecule has 0 saturated carbocycles. The van der Waals surface area contributed by atoms with Gasteiger partial charge in [0.2, 0.25) is 5.91 Å². The Morgan fingerprint density at radius 1 is 1.40 bits per heavy atom. The van der Waals surface area contributed by atoms with Crippen molar-refractivity contribution in [2.24, 2.45) is 0 Å². The summed E-state index contributed by atoms with van der Waals surface area (Å²) in [6, 6.07) is 0.200. The molecule has 1 aliphatic rings. The maximum absolute atomic E-state index is 12.0. The molecule has 4 nitrogen and oxygen atoms in total. The zero-order valence-electron chi connectivity index (χ0n) is 11.8. The molecular weight excluding hydrogens is 273 g/mol. The number of likely N-dealkylation sites (tertiary alicyclic amines) is 1. The molecule has 0 spiro atoms. The summed E-state index contributed by atoms with van der Waals surface area (Å²) in [5, 5.41) is 3.06. The second-order valence-electron chi connectivity index (χ2n) is 5.05. The molecule has 0 radical (unpaired) electrons. The highest BCUT2D eigenvalue weighted by atomic mass is 19.4. The molecule has 1 N–H and O–H groups in total. The predicted molar refractivity (Wildman–Crippen MR) is 69.4 cm³/mol. The van der Waals surface area contributed by atoms with Gasteiger partial charge >= 0.3 is 6.18 Å². The molecule has 1 amide bonds. The fourth-order valence-electron chi connectivity index (χ4n) is 2.43. The standard InChI is InChI=1S/C13H23F3N2O2/c1-17-7-5-11-4-2-3-8-18(11)12(19)6-9-20-10-13(14,15)16/h11,17H,2-10H2,1H3. The third-order valence-corrected chi connectivity index (χ3v) is 3.40. The van der Waals surface area contributed by atoms with E-state index in [9.17, 15) is 18.0 Å². The van der Waals surface area contributed by atoms with Crippen LogP contribution in [-0.4, -0.2) is 56.4 Å². The highest BCUT2D eigenvalue weighted by molar-refractivity contribution is 5.76. The van der Waals surface area contributed by atoms with Gasteiger partial charge in [-0.2, -0.15) is 13.2 Å². The maximum atomic E-state index is 12.0. The summed E-state index contributed by atoms with van der Waals surface area (Å²) in [7, 11) is 1.86. The fraction of sp³-hybridized carbons (Fsp3) is 0.923. The number of nitrogens with one attached hydrogen (secondary N) is 1. The third-order valence-electron chi connectivity index (χ3n) is 3.40. The Balaban J connectivity index is 2.31. The molecule has 1 fully saturated rings. The molecule has 7 heteroatoms. The highest BCUT2D eigenvalue weighted by Gasteiger charge is 2.28. The Bertz CT molecular complexity index is 298. The predicted octanol–water partition coefficient (Wildman–Crippen LogP) is 1.95. The van der Waals surface area contributed by atoms with Gasteiger partial charge in [0.25, 0.3) is 0 Å². The third kappa shape index (κ3) is 6.56. The van der Waals surface area contributed by atoms with Crippen LogP contribution in [-0.2, 0) is 9.53 Å². The summed E-state index contributed by atoms with van der Waals surface area (Å²) in [5.41, 5.74) is 0. The second-order valence-corrected chi connectivity index (χ2v) is 5.05. The van der Waals surface area contributed by atoms with Gasteiger partial charge < -0.3 is 15.0 Å². The lowest BCUT2D eigenvalue weighted by atomic mass is 9.99. The van der Waals surface area contributed by atoms with E-state index in [4.69, 9.17) is 0 Å². The number of carbonyl (C=O) groups excluding carboxylic acids is 1. The van der Waals surface area contributed by atoms with Crippen molar-refractivity contribution in [1.29, 1.82) is 0 Å². The van der Waals surface area contributed by atoms with Crippen LogP contribution >= 0.6 is 0 Å². The molecule has 118 valence electrons. The van der Waals surface area contributed by atoms with Gasteiger partial charge in [0.1, 0.15) is 6.61 Å². The van der Waals surface area contributed by atoms with E-state index in [-0.39, 0.29) is 25.0 Å². The van der Waals surface area contributed by atoms with Crippen LogP contribution in [0.25, 0.3) is 0 Å². The van der Waals surface area contributed by atoms with E-state index < -0.39 is 12.8 Å². The number of rotatable bonds is 7. The van der Waals surface area contributed by atoms with E-state index >= 15 is 0 Å². The van der Waals surface area contributed by atoms with Gasteiger partial charge in [0, 0.05) is 12.6 Å². The molecule has 20 heavy (non-hydrogen) atoms. The Morgan fingerprint density at radius 3 is 2.80 bits per heavy atom. The van der Waals surface area contributed by atoms with Crippen molar-refractivity contribution in [2.75, 3.05) is 33.4 Å². The van der Waals surface area contributed by atoms with Gasteiger partial charge in [-0.05, 0) is 39.3 Å². The number of nitrogens with zero attached hydrogens (tertiary/aromatic N) is 1. The van der Waals surface area contributed by atoms with Gasteiger partial charge in [-0.15, -0.1) is 0 Å². The molecule has 0 bridgehead atoms. The Morgan fingerprint density at radius 2 is 2.15 bits per heavy atom. The molecule has 1 unspecified atom stereocenters. The van der Waals surface area contributed by atoms with Crippen LogP contribution in [0.3, 0.4) is 0 Å². The van der Waals surface area contributed by atoms with Crippen molar-refractivity contribution in [1.82, 2.24) is 10.2 Å². The van der Waals surface area contributed by atoms with E-state index in [0.717, 1.165) is 32.2 Å². The SMILES string of the molecule is CNCCC1CCCCN1C(=O)CCOCC(F)(F)F. The minimum Gasteiger partial charge on any atom is -0.372 e. The maximum Gasteiger partial charge on any atom is 0.411 e. The minimum absolute atomic E-state index is 0.0200. The number of halogens is 3. The van der Waals surface area contributed by atoms with E-state index in [1.165, 1.54) is 0 Å². The van der Waals surface area contributed by atoms with Crippen LogP contribution in [0.2, 0.25) is 0 Å². The number of carbonyl (C=O) groups is 1. The molecule has 1 heterocycles. The topological polar surface area (TPSA) is 41.6 Å². The van der Waals surface area contributed by atoms with E-state index in [1.807, 2.05) is 7.05 Å². The zero-order valence-corrected chi connectivity index (χ0v) is 11.8. The molecule has 1 rings (SSSR count). The summed E-state index contributed by atoms with van der Waals surface area (Å²) in [4.78, 5) is 13.8. The quantitative estimate of drug-likeness (QED) is 0.730. The van der Waals surface area contributed by atoms with Crippen LogP contribution in [0.1, 0.15) is 32.1 Å². The summed E-state index contributed by atoms with van der Waals surface area (Å²) in [5.74, 6) is -0.104. The number of hydrogen-bond donors (Lipinski definition) is 1. The largest absolute Gasteiger partial charge is 0.411 e. The Hall–Kier alpha value is -0.820. The Kier molecular flexibility index (Phi) is 7.29. The smallest absolute Gasteiger partial charge is 0.372 e. The first-order valence-corrected chi connectivity index (χ1v) is 7.02. The molecule has 1 atom stereocenters. The minimum atomic E-state index is -4.33. The molecule has 0 aliphatic carbocycles. The second kappa shape index (κ2) is 8.46. The van der Waals surface area contributed by atoms with Crippen molar-refractivity contribution >= 4 is 5.91 Å². The number of amides is 1. The van der Waals surface area contributed by atoms with Crippen molar-refractivity contribution in [3.8, 4) is 0 Å². The first-order chi connectivity index (χ1) is 9.44. The lowest BCUT2D eigenvalue weighted by Crippen LogP contribution is -2.45. The summed E-state index contributed by atoms with van der Waals surface area (Å²) < 4.78 is 40.2. The highest BCUT2D eigenvalue weighted by Crippen LogP contribution is 2.20. The lowest BCUT2D eigenvalue weighted by molar-refractivity contribution is -0.175. The zero-order chi connectivity index (χ0) is 15.0. The van der Waals surface area contributed by atoms with E-state index in [0.29, 0.717) is 6.54 Å². The van der Waals surface area contributed by atoms with E-state index in [1.54, 1.807) is 4.90 Å². The Labute approximate surface area is 117 Å². The van der Waals surface area contributed by atoms with Gasteiger partial charge in [0.05, 0.1) is 13.0 Å². The van der Waals surface area contributed by atoms with Gasteiger partial charge in [-0.1, -0.05) is 0 Å². The molecule has 1 aliphatic heterocycles. The van der Waals surface area contributed by atoms with Crippen molar-refractivity contribution in [2.45, 2.75) is 44.3 Å². The van der Waals surface area contributed by atoms with E-state index in [2.05, 4.69) is 10.1 Å². The molecule has 0 aromatic rings. The lowest BCUT2D eigenvalue weighted by Gasteiger charge is -2.36. The number of ether oxygens (including phenoxy) is 1. The van der Waals surface area contributed by atoms with Crippen LogP contribution in [0, 0.1) is 0 Å². The normalized spacial score (nSPS) is 20.2. The van der Waals surface area contributed by atoms with Gasteiger partial charge in [-0.3, -0.25) is 4.79 Å². The van der Waals surface area contributed by atoms with Crippen LogP contribution in [0.15, 0.2) is 0 Å². The summed E-state index contributed by atoms with van der Waals surface area (Å²) >= 11 is 0. The molecular formula is C13H23F3N2O2. The van der Waals surface area contributed by atoms with Crippen LogP contribution < -0.4 is 5.32 Å². The fourth-order valence-corrected chi connectivity index (χ4v) is 2.43. The molecule has 0 aromatic carbocycles. The number of alkyl halides is 3. The molecule has 1 saturated heterocycles. The number of piperidine rings is 1. The number of hydrogen-bond acceptors (Lipinski definition) is 3. The summed E-state index contributed by atoms with van der Waals surface area (Å²) in [6.45, 7) is 0.0720. The average molecular weight is 296 g/mol. The first-order valence-electron chi connectivity index (χ1n) is 7.02. The summed E-state index contributed by atoms with van der Waals surface area (Å²) in [6.07, 6.45) is -0.397. The van der Waals surface area contributed by atoms with Gasteiger partial charge in [-0.25, -0.2) is 0 Å². The van der Waals surface area contributed by atoms with Crippen molar-refractivity contribution < 1.29 is 22.7 Å². The van der Waals surface area contributed by atoms with Crippen molar-refractivity contribution in [3.63, 3.8) is 0 Å². The average Bonchev–Trinajstić information content (AvgIpc) is 2.40. The molecule has 0 aromatic heterocycles. The first kappa shape index (κ1) is 17.2. The van der Waals surface area contributed by atoms with Crippen molar-refractivity contribution in [3.05, 3.63) is 0 Å². The monoisotopic (exact) mass is 296 g/mol. The van der Waals surface area contributed by atoms with Crippen LogP contribution in [0.5, 0.6) is 0 Å². The van der Waals surface area contributed by atoms with Crippen LogP contribution in [0.4, 0.5) is 13.2 Å².